The molecule has 0 bridgehead atoms. The first-order chi connectivity index (χ1) is 15.3. The summed E-state index contributed by atoms with van der Waals surface area (Å²) in [6.45, 7) is 13.4. The molecule has 8 nitrogen and oxygen atoms in total. The van der Waals surface area contributed by atoms with Gasteiger partial charge < -0.3 is 9.47 Å². The molecule has 0 unspecified atom stereocenters. The smallest absolute Gasteiger partial charge is 0.419 e. The molecule has 1 aliphatic heterocycles. The van der Waals surface area contributed by atoms with E-state index in [1.807, 2.05) is 0 Å². The maximum Gasteiger partial charge on any atom is 0.419 e. The molecule has 192 valence electrons. The van der Waals surface area contributed by atoms with Crippen molar-refractivity contribution < 1.29 is 27.1 Å². The van der Waals surface area contributed by atoms with E-state index in [9.17, 15) is 17.6 Å². The first-order valence-corrected chi connectivity index (χ1v) is 17.1. The average Bonchev–Trinajstić information content (AvgIpc) is 2.64. The predicted molar refractivity (Wildman–Crippen MR) is 137 cm³/mol. The van der Waals surface area contributed by atoms with E-state index in [2.05, 4.69) is 40.6 Å². The van der Waals surface area contributed by atoms with Gasteiger partial charge in [0.05, 0.1) is 5.75 Å². The second kappa shape index (κ2) is 10.2. The Balaban J connectivity index is 2.55. The number of rotatable bonds is 6. The summed E-state index contributed by atoms with van der Waals surface area (Å²) in [6.07, 6.45) is -0.805. The normalized spacial score (nSPS) is 20.6. The van der Waals surface area contributed by atoms with Crippen LogP contribution in [0.2, 0.25) is 25.7 Å². The monoisotopic (exact) mass is 579 g/mol. The second-order valence-electron chi connectivity index (χ2n) is 10.8. The second-order valence-corrected chi connectivity index (χ2v) is 19.3. The average molecular weight is 581 g/mol. The van der Waals surface area contributed by atoms with Crippen LogP contribution in [-0.4, -0.2) is 69.5 Å². The van der Waals surface area contributed by atoms with Gasteiger partial charge in [-0.15, -0.1) is 0 Å². The predicted octanol–water partition coefficient (Wildman–Crippen LogP) is 4.98. The lowest BCUT2D eigenvalue weighted by Gasteiger charge is -2.39. The maximum absolute atomic E-state index is 14.8. The Hall–Kier alpha value is -1.50. The summed E-state index contributed by atoms with van der Waals surface area (Å²) in [4.78, 5) is 18.8. The van der Waals surface area contributed by atoms with E-state index in [0.29, 0.717) is 11.1 Å². The van der Waals surface area contributed by atoms with Crippen LogP contribution in [-0.2, 0) is 25.0 Å². The van der Waals surface area contributed by atoms with E-state index >= 15 is 0 Å². The Bertz CT molecular complexity index is 1060. The maximum atomic E-state index is 14.8. The van der Waals surface area contributed by atoms with Gasteiger partial charge in [-0.05, 0) is 51.9 Å². The molecule has 0 aliphatic carbocycles. The Morgan fingerprint density at radius 3 is 2.50 bits per heavy atom. The van der Waals surface area contributed by atoms with Gasteiger partial charge in [0, 0.05) is 31.8 Å². The minimum absolute atomic E-state index is 0.0971. The van der Waals surface area contributed by atoms with Gasteiger partial charge in [0.2, 0.25) is 16.0 Å². The lowest BCUT2D eigenvalue weighted by Crippen LogP contribution is -2.56. The number of nitrogens with zero attached hydrogens (tertiary/aromatic N) is 3. The van der Waals surface area contributed by atoms with Crippen LogP contribution in [0, 0.1) is 5.82 Å². The van der Waals surface area contributed by atoms with E-state index in [1.54, 1.807) is 20.8 Å². The fourth-order valence-corrected chi connectivity index (χ4v) is 5.85. The van der Waals surface area contributed by atoms with E-state index in [-0.39, 0.29) is 18.3 Å². The minimum Gasteiger partial charge on any atom is -0.443 e. The molecule has 0 aromatic heterocycles. The van der Waals surface area contributed by atoms with Crippen molar-refractivity contribution in [2.75, 3.05) is 26.1 Å². The number of carbonyl (C=O) groups excluding carboxylic acids is 1. The third-order valence-corrected chi connectivity index (χ3v) is 9.21. The topological polar surface area (TPSA) is 88.5 Å². The number of aliphatic imine (C=N–C) groups is 1. The van der Waals surface area contributed by atoms with Crippen molar-refractivity contribution in [1.29, 1.82) is 0 Å². The van der Waals surface area contributed by atoms with Crippen molar-refractivity contribution in [1.82, 2.24) is 9.21 Å². The zero-order valence-corrected chi connectivity index (χ0v) is 24.5. The van der Waals surface area contributed by atoms with Gasteiger partial charge in [0.1, 0.15) is 23.7 Å². The quantitative estimate of drug-likeness (QED) is 0.269. The molecular weight excluding hydrogens is 545 g/mol. The standard InChI is InChI=1S/C22H35BrFN3O5SSi/c1-21(2,3)32-20(28)27(15-31-11-12-34(6,7)8)19-25-22(4,14-33(29,30)26(19)5)17-13-16(23)9-10-18(17)24/h9-10,13H,11-12,14-15H2,1-8H3/t22-/m0/s1. The zero-order valence-electron chi connectivity index (χ0n) is 21.1. The van der Waals surface area contributed by atoms with Crippen molar-refractivity contribution in [3.63, 3.8) is 0 Å². The van der Waals surface area contributed by atoms with Crippen LogP contribution in [0.4, 0.5) is 9.18 Å². The van der Waals surface area contributed by atoms with Crippen LogP contribution in [0.1, 0.15) is 33.3 Å². The van der Waals surface area contributed by atoms with E-state index in [0.717, 1.165) is 15.2 Å². The van der Waals surface area contributed by atoms with Gasteiger partial charge in [-0.1, -0.05) is 35.6 Å². The molecule has 1 heterocycles. The van der Waals surface area contributed by atoms with E-state index < -0.39 is 46.9 Å². The molecule has 0 N–H and O–H groups in total. The molecule has 1 atom stereocenters. The number of ether oxygens (including phenoxy) is 2. The first-order valence-electron chi connectivity index (χ1n) is 10.9. The summed E-state index contributed by atoms with van der Waals surface area (Å²) < 4.78 is 53.9. The molecule has 0 fully saturated rings. The molecule has 0 radical (unpaired) electrons. The molecule has 1 amide bonds. The summed E-state index contributed by atoms with van der Waals surface area (Å²) >= 11 is 3.31. The minimum atomic E-state index is -3.95. The summed E-state index contributed by atoms with van der Waals surface area (Å²) in [5.41, 5.74) is -2.22. The summed E-state index contributed by atoms with van der Waals surface area (Å²) in [6, 6.07) is 5.13. The Labute approximate surface area is 211 Å². The van der Waals surface area contributed by atoms with E-state index in [1.165, 1.54) is 32.2 Å². The van der Waals surface area contributed by atoms with Crippen molar-refractivity contribution in [2.45, 2.75) is 64.5 Å². The van der Waals surface area contributed by atoms with Gasteiger partial charge >= 0.3 is 6.09 Å². The van der Waals surface area contributed by atoms with Gasteiger partial charge in [0.15, 0.2) is 0 Å². The van der Waals surface area contributed by atoms with Gasteiger partial charge in [-0.2, -0.15) is 0 Å². The third-order valence-electron chi connectivity index (χ3n) is 5.09. The van der Waals surface area contributed by atoms with E-state index in [4.69, 9.17) is 9.47 Å². The van der Waals surface area contributed by atoms with Crippen LogP contribution < -0.4 is 0 Å². The number of amides is 1. The molecule has 1 aromatic rings. The highest BCUT2D eigenvalue weighted by Crippen LogP contribution is 2.36. The fraction of sp³-hybridized carbons (Fsp3) is 0.636. The van der Waals surface area contributed by atoms with Crippen molar-refractivity contribution >= 4 is 46.1 Å². The highest BCUT2D eigenvalue weighted by Gasteiger charge is 2.45. The third kappa shape index (κ3) is 7.50. The summed E-state index contributed by atoms with van der Waals surface area (Å²) in [5, 5.41) is 0. The zero-order chi connectivity index (χ0) is 26.1. The molecule has 0 spiro atoms. The number of hydrogen-bond donors (Lipinski definition) is 0. The Morgan fingerprint density at radius 2 is 1.94 bits per heavy atom. The summed E-state index contributed by atoms with van der Waals surface area (Å²) in [7, 11) is -4.03. The number of halogens is 2. The van der Waals surface area contributed by atoms with Gasteiger partial charge in [0.25, 0.3) is 0 Å². The van der Waals surface area contributed by atoms with Crippen LogP contribution in [0.25, 0.3) is 0 Å². The van der Waals surface area contributed by atoms with Crippen molar-refractivity contribution in [2.24, 2.45) is 4.99 Å². The number of hydrogen-bond acceptors (Lipinski definition) is 6. The number of benzene rings is 1. The molecule has 1 aliphatic rings. The Morgan fingerprint density at radius 1 is 1.32 bits per heavy atom. The molecule has 1 aromatic carbocycles. The number of sulfonamides is 1. The van der Waals surface area contributed by atoms with Crippen LogP contribution in [0.3, 0.4) is 0 Å². The molecule has 0 saturated carbocycles. The molecule has 34 heavy (non-hydrogen) atoms. The number of guanidine groups is 1. The molecular formula is C22H35BrFN3O5SSi. The van der Waals surface area contributed by atoms with Crippen LogP contribution in [0.5, 0.6) is 0 Å². The van der Waals surface area contributed by atoms with Crippen LogP contribution >= 0.6 is 15.9 Å². The van der Waals surface area contributed by atoms with Crippen molar-refractivity contribution in [3.05, 3.63) is 34.1 Å². The molecule has 12 heteroatoms. The lowest BCUT2D eigenvalue weighted by atomic mass is 9.94. The van der Waals surface area contributed by atoms with Crippen molar-refractivity contribution in [3.8, 4) is 0 Å². The number of carbonyl (C=O) groups is 1. The first kappa shape index (κ1) is 28.7. The fourth-order valence-electron chi connectivity index (χ4n) is 3.22. The van der Waals surface area contributed by atoms with Gasteiger partial charge in [-0.25, -0.2) is 31.8 Å². The molecule has 2 rings (SSSR count). The Kier molecular flexibility index (Phi) is 8.65. The van der Waals surface area contributed by atoms with Crippen LogP contribution in [0.15, 0.2) is 27.7 Å². The summed E-state index contributed by atoms with van der Waals surface area (Å²) in [5.74, 6) is -1.24. The highest BCUT2D eigenvalue weighted by atomic mass is 79.9. The highest BCUT2D eigenvalue weighted by molar-refractivity contribution is 9.10. The SMILES string of the molecule is CN1C(N(COCC[Si](C)(C)C)C(=O)OC(C)(C)C)=N[C@](C)(c2cc(Br)ccc2F)CS1(=O)=O. The van der Waals surface area contributed by atoms with Gasteiger partial charge in [-0.3, -0.25) is 0 Å². The molecule has 0 saturated heterocycles. The lowest BCUT2D eigenvalue weighted by molar-refractivity contribution is 0.00806. The largest absolute Gasteiger partial charge is 0.443 e.